The van der Waals surface area contributed by atoms with Crippen LogP contribution in [0.2, 0.25) is 0 Å². The zero-order valence-corrected chi connectivity index (χ0v) is 13.5. The van der Waals surface area contributed by atoms with Crippen LogP contribution in [0.4, 0.5) is 0 Å². The molecule has 0 bridgehead atoms. The molecule has 0 unspecified atom stereocenters. The van der Waals surface area contributed by atoms with Gasteiger partial charge in [0, 0.05) is 0 Å². The summed E-state index contributed by atoms with van der Waals surface area (Å²) < 4.78 is 0.671. The van der Waals surface area contributed by atoms with Crippen LogP contribution in [0.3, 0.4) is 0 Å². The lowest BCUT2D eigenvalue weighted by molar-refractivity contribution is 0.376. The Bertz CT molecular complexity index is 141. The monoisotopic (exact) mass is 262 g/mol. The first kappa shape index (κ1) is 16.7. The summed E-state index contributed by atoms with van der Waals surface area (Å²) in [6, 6.07) is 0. The van der Waals surface area contributed by atoms with Gasteiger partial charge in [0.15, 0.2) is 0 Å². The zero-order chi connectivity index (χ0) is 12.4. The minimum Gasteiger partial charge on any atom is -0.144 e. The summed E-state index contributed by atoms with van der Waals surface area (Å²) in [5, 5.41) is 0. The number of hydrogen-bond donors (Lipinski definition) is 0. The fraction of sp³-hybridized carbons (Fsp3) is 1.00. The van der Waals surface area contributed by atoms with Crippen molar-refractivity contribution in [3.63, 3.8) is 0 Å². The molecule has 1 saturated carbocycles. The molecule has 1 aliphatic carbocycles. The van der Waals surface area contributed by atoms with Crippen LogP contribution in [0.25, 0.3) is 0 Å². The van der Waals surface area contributed by atoms with E-state index in [1.54, 1.807) is 0 Å². The molecule has 2 fully saturated rings. The van der Waals surface area contributed by atoms with Gasteiger partial charge in [-0.2, -0.15) is 0 Å². The molecule has 2 aliphatic rings. The van der Waals surface area contributed by atoms with Crippen LogP contribution in [-0.2, 0) is 0 Å². The minimum absolute atomic E-state index is 0.671. The van der Waals surface area contributed by atoms with E-state index >= 15 is 0 Å². The first-order chi connectivity index (χ1) is 7.81. The smallest absolute Gasteiger partial charge is 0.0611 e. The van der Waals surface area contributed by atoms with Gasteiger partial charge in [-0.25, -0.2) is 0 Å². The first-order valence-corrected chi connectivity index (χ1v) is 9.06. The maximum Gasteiger partial charge on any atom is 0.0611 e. The van der Waals surface area contributed by atoms with E-state index in [2.05, 4.69) is 30.4 Å². The molecule has 0 aromatic heterocycles. The lowest BCUT2D eigenvalue weighted by Crippen LogP contribution is -2.30. The largest absolute Gasteiger partial charge is 0.144 e. The van der Waals surface area contributed by atoms with Crippen LogP contribution in [-0.4, -0.2) is 15.6 Å². The van der Waals surface area contributed by atoms with Crippen LogP contribution < -0.4 is 0 Å². The molecule has 98 valence electrons. The Morgan fingerprint density at radius 1 is 0.875 bits per heavy atom. The maximum absolute atomic E-state index is 2.41. The van der Waals surface area contributed by atoms with E-state index in [1.807, 2.05) is 27.7 Å². The standard InChI is InChI=1S/C10H18S2.2C2H6/c1-9-3-5-10(6-4-9)11-7-2-8-12-10;2*1-2/h9H,2-8H2,1H3;2*1-2H3. The summed E-state index contributed by atoms with van der Waals surface area (Å²) >= 11 is 4.50. The van der Waals surface area contributed by atoms with Gasteiger partial charge in [0.1, 0.15) is 0 Å². The number of hydrogen-bond acceptors (Lipinski definition) is 2. The third-order valence-electron chi connectivity index (χ3n) is 3.05. The van der Waals surface area contributed by atoms with Crippen LogP contribution in [0.1, 0.15) is 66.7 Å². The average molecular weight is 263 g/mol. The van der Waals surface area contributed by atoms with E-state index in [1.165, 1.54) is 43.6 Å². The first-order valence-electron chi connectivity index (χ1n) is 7.09. The van der Waals surface area contributed by atoms with Crippen LogP contribution in [0.15, 0.2) is 0 Å². The Kier molecular flexibility index (Phi) is 10.1. The number of thioether (sulfide) groups is 2. The maximum atomic E-state index is 2.41. The predicted molar refractivity (Wildman–Crippen MR) is 82.6 cm³/mol. The molecule has 1 heterocycles. The Hall–Kier alpha value is 0.700. The van der Waals surface area contributed by atoms with Crippen molar-refractivity contribution in [1.82, 2.24) is 0 Å². The van der Waals surface area contributed by atoms with Crippen molar-refractivity contribution in [3.8, 4) is 0 Å². The normalized spacial score (nSPS) is 23.8. The highest BCUT2D eigenvalue weighted by Crippen LogP contribution is 2.52. The summed E-state index contributed by atoms with van der Waals surface area (Å²) in [5.41, 5.74) is 0. The third kappa shape index (κ3) is 5.35. The van der Waals surface area contributed by atoms with Crippen molar-refractivity contribution in [2.45, 2.75) is 70.8 Å². The molecule has 1 saturated heterocycles. The summed E-state index contributed by atoms with van der Waals surface area (Å²) in [5.74, 6) is 3.83. The zero-order valence-electron chi connectivity index (χ0n) is 11.8. The molecule has 0 amide bonds. The van der Waals surface area contributed by atoms with E-state index in [9.17, 15) is 0 Å². The van der Waals surface area contributed by atoms with Gasteiger partial charge in [-0.15, -0.1) is 23.5 Å². The van der Waals surface area contributed by atoms with E-state index in [0.717, 1.165) is 5.92 Å². The summed E-state index contributed by atoms with van der Waals surface area (Å²) in [7, 11) is 0. The molecule has 16 heavy (non-hydrogen) atoms. The van der Waals surface area contributed by atoms with Crippen molar-refractivity contribution < 1.29 is 0 Å². The topological polar surface area (TPSA) is 0 Å². The number of rotatable bonds is 0. The second-order valence-corrected chi connectivity index (χ2v) is 7.36. The Balaban J connectivity index is 0.000000509. The van der Waals surface area contributed by atoms with Crippen LogP contribution in [0.5, 0.6) is 0 Å². The van der Waals surface area contributed by atoms with Gasteiger partial charge < -0.3 is 0 Å². The van der Waals surface area contributed by atoms with Gasteiger partial charge >= 0.3 is 0 Å². The van der Waals surface area contributed by atoms with Gasteiger partial charge in [-0.3, -0.25) is 0 Å². The molecular weight excluding hydrogens is 232 g/mol. The Morgan fingerprint density at radius 3 is 1.75 bits per heavy atom. The highest BCUT2D eigenvalue weighted by molar-refractivity contribution is 8.18. The summed E-state index contributed by atoms with van der Waals surface area (Å²) in [4.78, 5) is 0. The van der Waals surface area contributed by atoms with E-state index < -0.39 is 0 Å². The highest BCUT2D eigenvalue weighted by atomic mass is 32.2. The summed E-state index contributed by atoms with van der Waals surface area (Å²) in [6.07, 6.45) is 7.33. The van der Waals surface area contributed by atoms with Gasteiger partial charge in [-0.1, -0.05) is 34.6 Å². The average Bonchev–Trinajstić information content (AvgIpc) is 2.39. The second kappa shape index (κ2) is 9.70. The molecule has 0 radical (unpaired) electrons. The van der Waals surface area contributed by atoms with E-state index in [0.29, 0.717) is 4.08 Å². The molecule has 0 nitrogen and oxygen atoms in total. The molecule has 0 aromatic rings. The molecule has 0 atom stereocenters. The molecule has 1 aliphatic heterocycles. The lowest BCUT2D eigenvalue weighted by Gasteiger charge is -2.40. The molecule has 2 rings (SSSR count). The van der Waals surface area contributed by atoms with Crippen LogP contribution in [0, 0.1) is 5.92 Å². The summed E-state index contributed by atoms with van der Waals surface area (Å²) in [6.45, 7) is 10.4. The Labute approximate surface area is 112 Å². The molecule has 1 spiro atoms. The van der Waals surface area contributed by atoms with Gasteiger partial charge in [0.05, 0.1) is 4.08 Å². The van der Waals surface area contributed by atoms with Crippen molar-refractivity contribution in [2.24, 2.45) is 5.92 Å². The van der Waals surface area contributed by atoms with Crippen molar-refractivity contribution in [2.75, 3.05) is 11.5 Å². The van der Waals surface area contributed by atoms with Crippen molar-refractivity contribution in [3.05, 3.63) is 0 Å². The molecular formula is C14H30S2. The SMILES string of the molecule is CC.CC.CC1CCC2(CC1)SCCCS2. The minimum atomic E-state index is 0.671. The second-order valence-electron chi connectivity index (χ2n) is 4.14. The van der Waals surface area contributed by atoms with E-state index in [4.69, 9.17) is 0 Å². The van der Waals surface area contributed by atoms with Gasteiger partial charge in [0.25, 0.3) is 0 Å². The quantitative estimate of drug-likeness (QED) is 0.540. The Morgan fingerprint density at radius 2 is 1.31 bits per heavy atom. The van der Waals surface area contributed by atoms with Gasteiger partial charge in [0.2, 0.25) is 0 Å². The van der Waals surface area contributed by atoms with Crippen LogP contribution >= 0.6 is 23.5 Å². The third-order valence-corrected chi connectivity index (χ3v) is 6.62. The fourth-order valence-corrected chi connectivity index (χ4v) is 5.49. The highest BCUT2D eigenvalue weighted by Gasteiger charge is 2.36. The predicted octanol–water partition coefficient (Wildman–Crippen LogP) is 5.82. The fourth-order valence-electron chi connectivity index (χ4n) is 2.11. The molecule has 2 heteroatoms. The lowest BCUT2D eigenvalue weighted by atomic mass is 9.90. The van der Waals surface area contributed by atoms with Crippen molar-refractivity contribution >= 4 is 23.5 Å². The van der Waals surface area contributed by atoms with E-state index in [-0.39, 0.29) is 0 Å². The molecule has 0 N–H and O–H groups in total. The van der Waals surface area contributed by atoms with Crippen molar-refractivity contribution in [1.29, 1.82) is 0 Å². The van der Waals surface area contributed by atoms with Gasteiger partial charge in [-0.05, 0) is 49.5 Å². The molecule has 0 aromatic carbocycles.